The third-order valence-electron chi connectivity index (χ3n) is 5.61. The lowest BCUT2D eigenvalue weighted by Gasteiger charge is -2.45. The van der Waals surface area contributed by atoms with E-state index in [1.165, 1.54) is 11.1 Å². The van der Waals surface area contributed by atoms with E-state index in [0.29, 0.717) is 0 Å². The zero-order valence-electron chi connectivity index (χ0n) is 15.8. The van der Waals surface area contributed by atoms with Crippen LogP contribution < -0.4 is 5.01 Å². The summed E-state index contributed by atoms with van der Waals surface area (Å²) in [6.45, 7) is 6.95. The van der Waals surface area contributed by atoms with E-state index < -0.39 is 0 Å². The van der Waals surface area contributed by atoms with Gasteiger partial charge in [0.05, 0.1) is 24.4 Å². The van der Waals surface area contributed by atoms with Gasteiger partial charge in [-0.15, -0.1) is 0 Å². The van der Waals surface area contributed by atoms with Crippen molar-refractivity contribution in [3.8, 4) is 0 Å². The highest BCUT2D eigenvalue weighted by molar-refractivity contribution is 5.78. The maximum Gasteiger partial charge on any atom is 0.223 e. The Kier molecular flexibility index (Phi) is 4.32. The molecular weight excluding hydrogens is 336 g/mol. The predicted molar refractivity (Wildman–Crippen MR) is 108 cm³/mol. The zero-order valence-corrected chi connectivity index (χ0v) is 15.8. The van der Waals surface area contributed by atoms with Crippen LogP contribution >= 0.6 is 0 Å². The topological polar surface area (TPSA) is 30.8 Å². The van der Waals surface area contributed by atoms with Crippen molar-refractivity contribution >= 4 is 17.0 Å². The standard InChI is InChI=1S/C21H26N6/c1-23-11-13-25(14-12-23)27-17-24(15-18-7-3-2-4-8-18)16-26-20-10-6-5-9-19(20)22-21(26)27/h2-10H,11-17H2,1H3. The first kappa shape index (κ1) is 16.7. The number of piperazine rings is 1. The average molecular weight is 362 g/mol. The molecule has 6 heteroatoms. The fourth-order valence-corrected chi connectivity index (χ4v) is 4.09. The van der Waals surface area contributed by atoms with Crippen molar-refractivity contribution in [1.29, 1.82) is 0 Å². The number of imidazole rings is 1. The molecule has 0 aliphatic carbocycles. The lowest BCUT2D eigenvalue weighted by atomic mass is 10.2. The summed E-state index contributed by atoms with van der Waals surface area (Å²) in [4.78, 5) is 9.87. The van der Waals surface area contributed by atoms with Crippen molar-refractivity contribution in [2.75, 3.05) is 44.9 Å². The number of para-hydroxylation sites is 2. The first-order valence-corrected chi connectivity index (χ1v) is 9.70. The van der Waals surface area contributed by atoms with E-state index in [1.54, 1.807) is 0 Å². The Hall–Kier alpha value is -2.41. The van der Waals surface area contributed by atoms with Gasteiger partial charge in [0.15, 0.2) is 0 Å². The Labute approximate surface area is 160 Å². The van der Waals surface area contributed by atoms with Crippen LogP contribution in [-0.2, 0) is 13.2 Å². The summed E-state index contributed by atoms with van der Waals surface area (Å²) in [5.74, 6) is 1.07. The smallest absolute Gasteiger partial charge is 0.223 e. The van der Waals surface area contributed by atoms with Gasteiger partial charge in [-0.25, -0.2) is 9.99 Å². The molecule has 0 saturated carbocycles. The van der Waals surface area contributed by atoms with Crippen LogP contribution in [-0.4, -0.2) is 64.3 Å². The first-order chi connectivity index (χ1) is 13.3. The minimum absolute atomic E-state index is 0.870. The molecule has 3 heterocycles. The van der Waals surface area contributed by atoms with Crippen LogP contribution in [0.15, 0.2) is 54.6 Å². The molecule has 140 valence electrons. The van der Waals surface area contributed by atoms with Crippen LogP contribution in [0.1, 0.15) is 5.56 Å². The molecule has 0 N–H and O–H groups in total. The van der Waals surface area contributed by atoms with Crippen molar-refractivity contribution in [1.82, 2.24) is 24.4 Å². The highest BCUT2D eigenvalue weighted by Gasteiger charge is 2.31. The normalized spacial score (nSPS) is 19.5. The predicted octanol–water partition coefficient (Wildman–Crippen LogP) is 2.44. The van der Waals surface area contributed by atoms with Gasteiger partial charge in [0.2, 0.25) is 5.95 Å². The molecule has 0 radical (unpaired) electrons. The number of hydrogen-bond donors (Lipinski definition) is 0. The largest absolute Gasteiger partial charge is 0.304 e. The summed E-state index contributed by atoms with van der Waals surface area (Å²) < 4.78 is 2.36. The van der Waals surface area contributed by atoms with Gasteiger partial charge in [-0.3, -0.25) is 14.5 Å². The van der Waals surface area contributed by atoms with Crippen molar-refractivity contribution in [2.45, 2.75) is 13.2 Å². The van der Waals surface area contributed by atoms with Gasteiger partial charge in [-0.05, 0) is 24.7 Å². The van der Waals surface area contributed by atoms with E-state index in [-0.39, 0.29) is 0 Å². The van der Waals surface area contributed by atoms with E-state index in [2.05, 4.69) is 86.0 Å². The van der Waals surface area contributed by atoms with E-state index >= 15 is 0 Å². The molecule has 1 saturated heterocycles. The molecular formula is C21H26N6. The summed E-state index contributed by atoms with van der Waals surface area (Å²) in [7, 11) is 2.20. The third kappa shape index (κ3) is 3.20. The molecule has 2 aliphatic rings. The molecule has 0 spiro atoms. The minimum atomic E-state index is 0.870. The number of rotatable bonds is 3. The highest BCUT2D eigenvalue weighted by Crippen LogP contribution is 2.29. The molecule has 0 unspecified atom stereocenters. The maximum absolute atomic E-state index is 4.98. The number of likely N-dealkylation sites (N-methyl/N-ethyl adjacent to an activating group) is 1. The van der Waals surface area contributed by atoms with Gasteiger partial charge in [-0.2, -0.15) is 0 Å². The van der Waals surface area contributed by atoms with Gasteiger partial charge in [0.1, 0.15) is 0 Å². The quantitative estimate of drug-likeness (QED) is 0.714. The van der Waals surface area contributed by atoms with E-state index in [4.69, 9.17) is 4.98 Å². The molecule has 27 heavy (non-hydrogen) atoms. The number of hydrogen-bond acceptors (Lipinski definition) is 5. The molecule has 3 aromatic rings. The number of hydrazine groups is 1. The van der Waals surface area contributed by atoms with Crippen molar-refractivity contribution < 1.29 is 0 Å². The molecule has 2 aromatic carbocycles. The number of aromatic nitrogens is 2. The van der Waals surface area contributed by atoms with Gasteiger partial charge in [0.25, 0.3) is 0 Å². The molecule has 6 nitrogen and oxygen atoms in total. The molecule has 5 rings (SSSR count). The number of nitrogens with zero attached hydrogens (tertiary/aromatic N) is 6. The molecule has 0 atom stereocenters. The highest BCUT2D eigenvalue weighted by atomic mass is 15.7. The molecule has 1 fully saturated rings. The lowest BCUT2D eigenvalue weighted by Crippen LogP contribution is -2.58. The Morgan fingerprint density at radius 3 is 2.41 bits per heavy atom. The molecule has 0 amide bonds. The summed E-state index contributed by atoms with van der Waals surface area (Å²) in [6.07, 6.45) is 0. The van der Waals surface area contributed by atoms with Gasteiger partial charge < -0.3 is 4.90 Å². The monoisotopic (exact) mass is 362 g/mol. The van der Waals surface area contributed by atoms with E-state index in [1.807, 2.05) is 0 Å². The Morgan fingerprint density at radius 2 is 1.59 bits per heavy atom. The second-order valence-electron chi connectivity index (χ2n) is 7.58. The van der Waals surface area contributed by atoms with Gasteiger partial charge in [-0.1, -0.05) is 42.5 Å². The second kappa shape index (κ2) is 6.96. The number of benzene rings is 2. The van der Waals surface area contributed by atoms with E-state index in [9.17, 15) is 0 Å². The Morgan fingerprint density at radius 1 is 0.852 bits per heavy atom. The summed E-state index contributed by atoms with van der Waals surface area (Å²) in [5.41, 5.74) is 3.64. The van der Waals surface area contributed by atoms with Crippen molar-refractivity contribution in [3.63, 3.8) is 0 Å². The average Bonchev–Trinajstić information content (AvgIpc) is 3.08. The van der Waals surface area contributed by atoms with Gasteiger partial charge >= 0.3 is 0 Å². The Bertz CT molecular complexity index is 913. The first-order valence-electron chi connectivity index (χ1n) is 9.70. The third-order valence-corrected chi connectivity index (χ3v) is 5.61. The minimum Gasteiger partial charge on any atom is -0.304 e. The van der Waals surface area contributed by atoms with Crippen LogP contribution in [0.5, 0.6) is 0 Å². The van der Waals surface area contributed by atoms with Crippen LogP contribution in [0.25, 0.3) is 11.0 Å². The summed E-state index contributed by atoms with van der Waals surface area (Å²) in [6, 6.07) is 19.2. The number of anilines is 1. The van der Waals surface area contributed by atoms with Crippen LogP contribution in [0.4, 0.5) is 5.95 Å². The fraction of sp³-hybridized carbons (Fsp3) is 0.381. The Balaban J connectivity index is 1.49. The maximum atomic E-state index is 4.98. The van der Waals surface area contributed by atoms with Crippen LogP contribution in [0.2, 0.25) is 0 Å². The zero-order chi connectivity index (χ0) is 18.2. The summed E-state index contributed by atoms with van der Waals surface area (Å²) in [5, 5.41) is 4.86. The lowest BCUT2D eigenvalue weighted by molar-refractivity contribution is 0.0863. The van der Waals surface area contributed by atoms with Crippen LogP contribution in [0.3, 0.4) is 0 Å². The van der Waals surface area contributed by atoms with Crippen molar-refractivity contribution in [2.24, 2.45) is 0 Å². The van der Waals surface area contributed by atoms with Gasteiger partial charge in [0, 0.05) is 32.7 Å². The fourth-order valence-electron chi connectivity index (χ4n) is 4.09. The number of fused-ring (bicyclic) bond motifs is 3. The molecule has 0 bridgehead atoms. The second-order valence-corrected chi connectivity index (χ2v) is 7.58. The molecule has 1 aromatic heterocycles. The van der Waals surface area contributed by atoms with Crippen LogP contribution in [0, 0.1) is 0 Å². The SMILES string of the molecule is CN1CCN(N2CN(Cc3ccccc3)Cn3c2nc2ccccc23)CC1. The van der Waals surface area contributed by atoms with Crippen molar-refractivity contribution in [3.05, 3.63) is 60.2 Å². The summed E-state index contributed by atoms with van der Waals surface area (Å²) >= 11 is 0. The molecule has 2 aliphatic heterocycles. The van der Waals surface area contributed by atoms with E-state index in [0.717, 1.165) is 57.5 Å².